The smallest absolute Gasteiger partial charge is 0.254 e. The number of rotatable bonds is 13. The molecule has 1 saturated heterocycles. The third-order valence-electron chi connectivity index (χ3n) is 7.07. The molecule has 0 aliphatic carbocycles. The molecule has 1 aliphatic rings. The van der Waals surface area contributed by atoms with Crippen molar-refractivity contribution in [2.75, 3.05) is 23.1 Å². The maximum absolute atomic E-state index is 15.8. The van der Waals surface area contributed by atoms with E-state index in [1.807, 2.05) is 55.1 Å². The van der Waals surface area contributed by atoms with Gasteiger partial charge in [-0.15, -0.1) is 10.8 Å². The number of aliphatic hydroxyl groups excluding tert-OH is 1. The second kappa shape index (κ2) is 13.6. The van der Waals surface area contributed by atoms with E-state index in [0.717, 1.165) is 29.7 Å². The molecule has 0 radical (unpaired) electrons. The van der Waals surface area contributed by atoms with Gasteiger partial charge < -0.3 is 15.7 Å². The fourth-order valence-corrected chi connectivity index (χ4v) is 6.56. The van der Waals surface area contributed by atoms with Crippen molar-refractivity contribution in [3.05, 3.63) is 82.9 Å². The first-order valence-electron chi connectivity index (χ1n) is 13.8. The van der Waals surface area contributed by atoms with Crippen LogP contribution < -0.4 is 14.9 Å². The van der Waals surface area contributed by atoms with Gasteiger partial charge in [-0.25, -0.2) is 4.39 Å². The number of benzene rings is 2. The van der Waals surface area contributed by atoms with Crippen LogP contribution in [0, 0.1) is 5.82 Å². The summed E-state index contributed by atoms with van der Waals surface area (Å²) in [4.78, 5) is 13.6. The SMILES string of the molecule is CCCc1cc(C(=O)N[C@@H](Cc2ccccc2)[C@H](O)CNCc2cnn(CC)c2)c(F)c(N2CCCS2(O)O)c1. The van der Waals surface area contributed by atoms with Gasteiger partial charge in [0, 0.05) is 37.9 Å². The van der Waals surface area contributed by atoms with Gasteiger partial charge in [0.25, 0.3) is 5.91 Å². The molecule has 0 unspecified atom stereocenters. The average molecular weight is 574 g/mol. The minimum Gasteiger partial charge on any atom is -0.390 e. The first-order valence-corrected chi connectivity index (χ1v) is 15.5. The van der Waals surface area contributed by atoms with Crippen LogP contribution in [0.3, 0.4) is 0 Å². The Hall–Kier alpha value is -2.96. The van der Waals surface area contributed by atoms with Crippen LogP contribution in [-0.2, 0) is 25.9 Å². The normalized spacial score (nSPS) is 17.0. The van der Waals surface area contributed by atoms with E-state index in [4.69, 9.17) is 0 Å². The van der Waals surface area contributed by atoms with Gasteiger partial charge in [0.15, 0.2) is 5.82 Å². The van der Waals surface area contributed by atoms with E-state index in [2.05, 4.69) is 15.7 Å². The van der Waals surface area contributed by atoms with E-state index >= 15 is 4.39 Å². The Kier molecular flexibility index (Phi) is 10.2. The average Bonchev–Trinajstić information content (AvgIpc) is 3.55. The van der Waals surface area contributed by atoms with Gasteiger partial charge in [-0.2, -0.15) is 5.10 Å². The molecule has 0 spiro atoms. The number of anilines is 1. The zero-order chi connectivity index (χ0) is 28.7. The molecule has 2 heterocycles. The number of amides is 1. The van der Waals surface area contributed by atoms with E-state index in [9.17, 15) is 19.0 Å². The third-order valence-corrected chi connectivity index (χ3v) is 8.99. The van der Waals surface area contributed by atoms with E-state index < -0.39 is 34.6 Å². The lowest BCUT2D eigenvalue weighted by Gasteiger charge is -2.38. The summed E-state index contributed by atoms with van der Waals surface area (Å²) in [5.74, 6) is -1.28. The van der Waals surface area contributed by atoms with Crippen LogP contribution in [0.25, 0.3) is 0 Å². The molecule has 9 nitrogen and oxygen atoms in total. The summed E-state index contributed by atoms with van der Waals surface area (Å²) in [6, 6.07) is 11.9. The highest BCUT2D eigenvalue weighted by Crippen LogP contribution is 2.52. The number of aryl methyl sites for hydroxylation is 2. The summed E-state index contributed by atoms with van der Waals surface area (Å²) in [7, 11) is -3.14. The summed E-state index contributed by atoms with van der Waals surface area (Å²) >= 11 is 0. The Morgan fingerprint density at radius 1 is 1.15 bits per heavy atom. The molecule has 5 N–H and O–H groups in total. The lowest BCUT2D eigenvalue weighted by molar-refractivity contribution is 0.0826. The third kappa shape index (κ3) is 7.41. The summed E-state index contributed by atoms with van der Waals surface area (Å²) in [6.07, 6.45) is 5.00. The van der Waals surface area contributed by atoms with Gasteiger partial charge >= 0.3 is 0 Å². The lowest BCUT2D eigenvalue weighted by Crippen LogP contribution is -2.48. The van der Waals surface area contributed by atoms with E-state index in [1.54, 1.807) is 12.3 Å². The molecular weight excluding hydrogens is 533 g/mol. The van der Waals surface area contributed by atoms with Crippen LogP contribution in [0.5, 0.6) is 0 Å². The Bertz CT molecular complexity index is 1270. The number of nitrogens with one attached hydrogen (secondary N) is 2. The Morgan fingerprint density at radius 2 is 1.93 bits per heavy atom. The van der Waals surface area contributed by atoms with Gasteiger partial charge in [0.2, 0.25) is 0 Å². The number of aromatic nitrogens is 2. The number of halogens is 1. The van der Waals surface area contributed by atoms with Crippen molar-refractivity contribution in [2.45, 2.75) is 64.8 Å². The van der Waals surface area contributed by atoms with E-state index in [1.165, 1.54) is 10.4 Å². The number of hydrogen-bond donors (Lipinski definition) is 5. The zero-order valence-corrected chi connectivity index (χ0v) is 23.9. The van der Waals surface area contributed by atoms with Crippen molar-refractivity contribution in [3.63, 3.8) is 0 Å². The largest absolute Gasteiger partial charge is 0.390 e. The van der Waals surface area contributed by atoms with Crippen LogP contribution in [0.2, 0.25) is 0 Å². The Morgan fingerprint density at radius 3 is 2.58 bits per heavy atom. The molecule has 2 aromatic carbocycles. The van der Waals surface area contributed by atoms with Crippen molar-refractivity contribution in [2.24, 2.45) is 0 Å². The highest BCUT2D eigenvalue weighted by atomic mass is 32.3. The minimum absolute atomic E-state index is 0.0306. The molecule has 218 valence electrons. The fraction of sp³-hybridized carbons (Fsp3) is 0.448. The standard InChI is InChI=1S/C29H40FN5O4S/c1-3-9-22-14-24(28(30)26(16-22)35-12-8-13-40(35,38)39)29(37)33-25(15-21-10-6-5-7-11-21)27(36)19-31-17-23-18-32-34(4-2)20-23/h5-7,10-11,14,16,18,20,25,27,31,36,38-39H,3-4,8-9,12-13,15,17,19H2,1-2H3,(H,33,37)/t25-,27+/m0/s1. The molecular formula is C29H40FN5O4S. The van der Waals surface area contributed by atoms with Crippen LogP contribution in [0.1, 0.15) is 53.7 Å². The molecule has 2 atom stereocenters. The van der Waals surface area contributed by atoms with Crippen molar-refractivity contribution in [3.8, 4) is 0 Å². The predicted octanol–water partition coefficient (Wildman–Crippen LogP) is 4.36. The summed E-state index contributed by atoms with van der Waals surface area (Å²) < 4.78 is 40.0. The zero-order valence-electron chi connectivity index (χ0n) is 23.1. The fourth-order valence-electron chi connectivity index (χ4n) is 4.96. The topological polar surface area (TPSA) is 123 Å². The Balaban J connectivity index is 1.55. The van der Waals surface area contributed by atoms with Crippen LogP contribution in [0.4, 0.5) is 10.1 Å². The highest BCUT2D eigenvalue weighted by molar-refractivity contribution is 8.25. The van der Waals surface area contributed by atoms with Gasteiger partial charge in [-0.3, -0.25) is 22.9 Å². The first-order chi connectivity index (χ1) is 19.2. The maximum Gasteiger partial charge on any atom is 0.254 e. The highest BCUT2D eigenvalue weighted by Gasteiger charge is 2.33. The maximum atomic E-state index is 15.8. The molecule has 0 bridgehead atoms. The van der Waals surface area contributed by atoms with Crippen molar-refractivity contribution in [1.82, 2.24) is 20.4 Å². The Labute approximate surface area is 236 Å². The molecule has 40 heavy (non-hydrogen) atoms. The van der Waals surface area contributed by atoms with Crippen LogP contribution in [0.15, 0.2) is 54.9 Å². The van der Waals surface area contributed by atoms with Gasteiger partial charge in [-0.05, 0) is 49.4 Å². The number of carbonyl (C=O) groups is 1. The quantitative estimate of drug-likeness (QED) is 0.206. The number of carbonyl (C=O) groups excluding carboxylic acids is 1. The van der Waals surface area contributed by atoms with E-state index in [-0.39, 0.29) is 23.5 Å². The van der Waals surface area contributed by atoms with Gasteiger partial charge in [-0.1, -0.05) is 43.7 Å². The van der Waals surface area contributed by atoms with Crippen LogP contribution >= 0.6 is 10.8 Å². The van der Waals surface area contributed by atoms with Crippen molar-refractivity contribution in [1.29, 1.82) is 0 Å². The lowest BCUT2D eigenvalue weighted by atomic mass is 9.99. The first kappa shape index (κ1) is 30.0. The molecule has 1 amide bonds. The second-order valence-corrected chi connectivity index (χ2v) is 12.3. The van der Waals surface area contributed by atoms with Gasteiger partial charge in [0.05, 0.1) is 35.3 Å². The molecule has 1 aliphatic heterocycles. The second-order valence-electron chi connectivity index (χ2n) is 10.2. The number of nitrogens with zero attached hydrogens (tertiary/aromatic N) is 3. The van der Waals surface area contributed by atoms with E-state index in [0.29, 0.717) is 32.4 Å². The monoisotopic (exact) mass is 573 g/mol. The van der Waals surface area contributed by atoms with Gasteiger partial charge in [0.1, 0.15) is 0 Å². The number of aliphatic hydroxyl groups is 1. The van der Waals surface area contributed by atoms with Crippen molar-refractivity contribution < 1.29 is 23.4 Å². The molecule has 3 aromatic rings. The van der Waals surface area contributed by atoms with Crippen molar-refractivity contribution >= 4 is 22.4 Å². The predicted molar refractivity (Wildman–Crippen MR) is 157 cm³/mol. The summed E-state index contributed by atoms with van der Waals surface area (Å²) in [5, 5.41) is 21.5. The number of hydrogen-bond acceptors (Lipinski definition) is 7. The van der Waals surface area contributed by atoms with Crippen LogP contribution in [-0.4, -0.2) is 60.9 Å². The molecule has 1 aromatic heterocycles. The molecule has 0 saturated carbocycles. The molecule has 1 fully saturated rings. The minimum atomic E-state index is -3.14. The summed E-state index contributed by atoms with van der Waals surface area (Å²) in [6.45, 7) is 5.76. The molecule has 11 heteroatoms. The summed E-state index contributed by atoms with van der Waals surface area (Å²) in [5.41, 5.74) is 2.49. The molecule has 4 rings (SSSR count).